The Morgan fingerprint density at radius 2 is 1.94 bits per heavy atom. The molecule has 0 spiro atoms. The molecule has 0 aliphatic carbocycles. The molecule has 0 radical (unpaired) electrons. The van der Waals surface area contributed by atoms with Crippen LogP contribution in [0, 0.1) is 11.2 Å². The third-order valence-corrected chi connectivity index (χ3v) is 4.35. The minimum Gasteiger partial charge on any atom is -0.493 e. The van der Waals surface area contributed by atoms with E-state index in [9.17, 15) is 4.39 Å². The Kier molecular flexibility index (Phi) is 5.80. The van der Waals surface area contributed by atoms with Crippen molar-refractivity contribution < 1.29 is 9.13 Å². The van der Waals surface area contributed by atoms with Crippen LogP contribution in [0.25, 0.3) is 0 Å². The summed E-state index contributed by atoms with van der Waals surface area (Å²) in [7, 11) is 0. The number of halogens is 2. The second-order valence-corrected chi connectivity index (χ2v) is 5.49. The number of benzene rings is 1. The van der Waals surface area contributed by atoms with E-state index < -0.39 is 0 Å². The van der Waals surface area contributed by atoms with Crippen molar-refractivity contribution in [1.29, 1.82) is 0 Å². The maximum absolute atomic E-state index is 13.2. The summed E-state index contributed by atoms with van der Waals surface area (Å²) in [6, 6.07) is 4.59. The normalized spacial score (nSPS) is 11.6. The molecule has 0 heterocycles. The maximum Gasteiger partial charge on any atom is 0.128 e. The highest BCUT2D eigenvalue weighted by atomic mass is 79.9. The molecule has 0 bridgehead atoms. The van der Waals surface area contributed by atoms with Crippen LogP contribution in [0.1, 0.15) is 26.7 Å². The first-order valence-corrected chi connectivity index (χ1v) is 7.17. The molecule has 0 unspecified atom stereocenters. The fourth-order valence-corrected chi connectivity index (χ4v) is 2.55. The second-order valence-electron chi connectivity index (χ2n) is 4.26. The highest BCUT2D eigenvalue weighted by Crippen LogP contribution is 2.30. The lowest BCUT2D eigenvalue weighted by Crippen LogP contribution is -2.29. The van der Waals surface area contributed by atoms with Crippen molar-refractivity contribution in [3.8, 4) is 5.75 Å². The van der Waals surface area contributed by atoms with Crippen molar-refractivity contribution >= 4 is 28.6 Å². The van der Waals surface area contributed by atoms with E-state index in [2.05, 4.69) is 42.4 Å². The molecule has 1 aromatic carbocycles. The van der Waals surface area contributed by atoms with E-state index in [-0.39, 0.29) is 11.2 Å². The van der Waals surface area contributed by atoms with Crippen LogP contribution >= 0.6 is 28.6 Å². The number of rotatable bonds is 6. The minimum atomic E-state index is -0.293. The largest absolute Gasteiger partial charge is 0.493 e. The van der Waals surface area contributed by atoms with Crippen LogP contribution in [0.3, 0.4) is 0 Å². The van der Waals surface area contributed by atoms with Gasteiger partial charge in [-0.15, -0.1) is 0 Å². The molecule has 0 saturated carbocycles. The summed E-state index contributed by atoms with van der Waals surface area (Å²) in [5.41, 5.74) is 0.0713. The van der Waals surface area contributed by atoms with E-state index in [1.807, 2.05) is 0 Å². The first-order chi connectivity index (χ1) is 8.05. The van der Waals surface area contributed by atoms with Gasteiger partial charge < -0.3 is 4.74 Å². The summed E-state index contributed by atoms with van der Waals surface area (Å²) in [6.45, 7) is 4.83. The fourth-order valence-electron chi connectivity index (χ4n) is 1.57. The Labute approximate surface area is 116 Å². The molecule has 17 heavy (non-hydrogen) atoms. The molecule has 1 rings (SSSR count). The topological polar surface area (TPSA) is 9.23 Å². The van der Waals surface area contributed by atoms with Gasteiger partial charge in [0.05, 0.1) is 6.61 Å². The molecule has 0 atom stereocenters. The fraction of sp³-hybridized carbons (Fsp3) is 0.538. The molecule has 1 aromatic rings. The summed E-state index contributed by atoms with van der Waals surface area (Å²) in [5, 5.41) is 0. The van der Waals surface area contributed by atoms with Gasteiger partial charge in [-0.3, -0.25) is 0 Å². The van der Waals surface area contributed by atoms with Gasteiger partial charge in [-0.2, -0.15) is 12.6 Å². The Morgan fingerprint density at radius 3 is 2.41 bits per heavy atom. The summed E-state index contributed by atoms with van der Waals surface area (Å²) in [6.07, 6.45) is 2.01. The number of hydrogen-bond acceptors (Lipinski definition) is 2. The Hall–Kier alpha value is -0.220. The predicted molar refractivity (Wildman–Crippen MR) is 76.5 cm³/mol. The Balaban J connectivity index is 2.71. The zero-order valence-electron chi connectivity index (χ0n) is 10.2. The lowest BCUT2D eigenvalue weighted by molar-refractivity contribution is 0.156. The van der Waals surface area contributed by atoms with Crippen molar-refractivity contribution in [3.63, 3.8) is 0 Å². The molecule has 0 aliphatic rings. The average Bonchev–Trinajstić information content (AvgIpc) is 2.30. The van der Waals surface area contributed by atoms with Gasteiger partial charge in [0.25, 0.3) is 0 Å². The van der Waals surface area contributed by atoms with E-state index in [0.29, 0.717) is 16.8 Å². The molecule has 0 fully saturated rings. The van der Waals surface area contributed by atoms with Crippen LogP contribution in [0.4, 0.5) is 4.39 Å². The van der Waals surface area contributed by atoms with Crippen LogP contribution in [0.15, 0.2) is 22.7 Å². The summed E-state index contributed by atoms with van der Waals surface area (Å²) in [4.78, 5) is 0. The zero-order chi connectivity index (χ0) is 12.9. The molecule has 0 aromatic heterocycles. The van der Waals surface area contributed by atoms with E-state index in [1.165, 1.54) is 12.1 Å². The van der Waals surface area contributed by atoms with Crippen molar-refractivity contribution in [1.82, 2.24) is 0 Å². The van der Waals surface area contributed by atoms with Gasteiger partial charge in [0.15, 0.2) is 0 Å². The van der Waals surface area contributed by atoms with Gasteiger partial charge in [0.1, 0.15) is 11.6 Å². The van der Waals surface area contributed by atoms with Crippen molar-refractivity contribution in [2.45, 2.75) is 26.7 Å². The van der Waals surface area contributed by atoms with Crippen LogP contribution in [-0.2, 0) is 0 Å². The molecule has 0 N–H and O–H groups in total. The number of ether oxygens (including phenoxy) is 1. The van der Waals surface area contributed by atoms with E-state index >= 15 is 0 Å². The van der Waals surface area contributed by atoms with Gasteiger partial charge in [-0.1, -0.05) is 29.8 Å². The van der Waals surface area contributed by atoms with Gasteiger partial charge in [0.2, 0.25) is 0 Å². The molecule has 0 aliphatic heterocycles. The van der Waals surface area contributed by atoms with Gasteiger partial charge in [-0.05, 0) is 30.7 Å². The Bertz CT molecular complexity index is 338. The molecular formula is C13H18BrFOS. The van der Waals surface area contributed by atoms with Crippen molar-refractivity contribution in [3.05, 3.63) is 28.5 Å². The minimum absolute atomic E-state index is 0.0713. The van der Waals surface area contributed by atoms with Gasteiger partial charge in [-0.25, -0.2) is 4.39 Å². The van der Waals surface area contributed by atoms with E-state index in [0.717, 1.165) is 18.6 Å². The lowest BCUT2D eigenvalue weighted by atomic mass is 9.85. The van der Waals surface area contributed by atoms with Crippen LogP contribution in [0.5, 0.6) is 5.75 Å². The first kappa shape index (κ1) is 14.8. The molecule has 0 saturated heterocycles. The summed E-state index contributed by atoms with van der Waals surface area (Å²) in [5.74, 6) is 1.04. The smallest absolute Gasteiger partial charge is 0.128 e. The van der Waals surface area contributed by atoms with Crippen molar-refractivity contribution in [2.24, 2.45) is 5.41 Å². The third kappa shape index (κ3) is 4.18. The molecule has 0 amide bonds. The molecular weight excluding hydrogens is 303 g/mol. The van der Waals surface area contributed by atoms with Gasteiger partial charge in [0, 0.05) is 16.0 Å². The third-order valence-electron chi connectivity index (χ3n) is 3.22. The SMILES string of the molecule is CCC(CC)(CS)COc1cc(F)cc(Br)c1. The monoisotopic (exact) mass is 320 g/mol. The van der Waals surface area contributed by atoms with Crippen LogP contribution < -0.4 is 4.74 Å². The highest BCUT2D eigenvalue weighted by molar-refractivity contribution is 9.10. The zero-order valence-corrected chi connectivity index (χ0v) is 12.7. The summed E-state index contributed by atoms with van der Waals surface area (Å²) < 4.78 is 19.5. The highest BCUT2D eigenvalue weighted by Gasteiger charge is 2.25. The standard InChI is InChI=1S/C13H18BrFOS/c1-3-13(4-2,9-17)8-16-12-6-10(14)5-11(15)7-12/h5-7,17H,3-4,8-9H2,1-2H3. The quantitative estimate of drug-likeness (QED) is 0.747. The maximum atomic E-state index is 13.2. The number of thiol groups is 1. The molecule has 4 heteroatoms. The van der Waals surface area contributed by atoms with Crippen LogP contribution in [0.2, 0.25) is 0 Å². The predicted octanol–water partition coefficient (Wildman–Crippen LogP) is 4.70. The average molecular weight is 321 g/mol. The Morgan fingerprint density at radius 1 is 1.29 bits per heavy atom. The molecule has 1 nitrogen and oxygen atoms in total. The van der Waals surface area contributed by atoms with Crippen molar-refractivity contribution in [2.75, 3.05) is 12.4 Å². The van der Waals surface area contributed by atoms with Gasteiger partial charge >= 0.3 is 0 Å². The van der Waals surface area contributed by atoms with E-state index in [4.69, 9.17) is 4.74 Å². The summed E-state index contributed by atoms with van der Waals surface area (Å²) >= 11 is 7.63. The second kappa shape index (κ2) is 6.64. The molecule has 96 valence electrons. The van der Waals surface area contributed by atoms with Crippen LogP contribution in [-0.4, -0.2) is 12.4 Å². The van der Waals surface area contributed by atoms with E-state index in [1.54, 1.807) is 6.07 Å². The first-order valence-electron chi connectivity index (χ1n) is 5.75. The lowest BCUT2D eigenvalue weighted by Gasteiger charge is -2.29. The number of hydrogen-bond donors (Lipinski definition) is 1.